The van der Waals surface area contributed by atoms with Crippen molar-refractivity contribution in [3.05, 3.63) is 65.7 Å². The Morgan fingerprint density at radius 1 is 1.04 bits per heavy atom. The van der Waals surface area contributed by atoms with Crippen molar-refractivity contribution in [3.63, 3.8) is 0 Å². The predicted molar refractivity (Wildman–Crippen MR) is 91.0 cm³/mol. The third-order valence-electron chi connectivity index (χ3n) is 3.51. The van der Waals surface area contributed by atoms with Crippen molar-refractivity contribution in [1.29, 1.82) is 0 Å². The molecule has 0 fully saturated rings. The van der Waals surface area contributed by atoms with Gasteiger partial charge in [-0.2, -0.15) is 0 Å². The molecule has 0 aromatic heterocycles. The first-order chi connectivity index (χ1) is 11.7. The van der Waals surface area contributed by atoms with E-state index in [1.165, 1.54) is 7.11 Å². The lowest BCUT2D eigenvalue weighted by Crippen LogP contribution is -2.43. The summed E-state index contributed by atoms with van der Waals surface area (Å²) in [6.07, 6.45) is 0.357. The number of carbonyl (C=O) groups is 2. The largest absolute Gasteiger partial charge is 0.493 e. The smallest absolute Gasteiger partial charge is 0.328 e. The summed E-state index contributed by atoms with van der Waals surface area (Å²) in [4.78, 5) is 24.6. The van der Waals surface area contributed by atoms with Gasteiger partial charge in [-0.3, -0.25) is 4.79 Å². The second kappa shape index (κ2) is 8.72. The van der Waals surface area contributed by atoms with Gasteiger partial charge in [0.15, 0.2) is 0 Å². The number of rotatable bonds is 7. The number of ether oxygens (including phenoxy) is 2. The first-order valence-electron chi connectivity index (χ1n) is 7.80. The number of amides is 1. The molecule has 1 amide bonds. The summed E-state index contributed by atoms with van der Waals surface area (Å²) in [7, 11) is 1.31. The van der Waals surface area contributed by atoms with E-state index in [9.17, 15) is 9.59 Å². The van der Waals surface area contributed by atoms with Crippen molar-refractivity contribution >= 4 is 11.9 Å². The van der Waals surface area contributed by atoms with Crippen molar-refractivity contribution < 1.29 is 19.1 Å². The van der Waals surface area contributed by atoms with Gasteiger partial charge in [-0.15, -0.1) is 0 Å². The molecule has 1 N–H and O–H groups in total. The normalized spacial score (nSPS) is 11.4. The molecule has 0 saturated heterocycles. The lowest BCUT2D eigenvalue weighted by atomic mass is 10.1. The molecule has 2 aromatic rings. The van der Waals surface area contributed by atoms with Crippen LogP contribution in [0.1, 0.15) is 22.8 Å². The van der Waals surface area contributed by atoms with Gasteiger partial charge in [-0.05, 0) is 24.6 Å². The average Bonchev–Trinajstić information content (AvgIpc) is 2.62. The van der Waals surface area contributed by atoms with Crippen molar-refractivity contribution in [2.24, 2.45) is 0 Å². The van der Waals surface area contributed by atoms with Crippen molar-refractivity contribution in [1.82, 2.24) is 5.32 Å². The summed E-state index contributed by atoms with van der Waals surface area (Å²) in [6, 6.07) is 15.6. The summed E-state index contributed by atoms with van der Waals surface area (Å²) in [6.45, 7) is 2.30. The lowest BCUT2D eigenvalue weighted by molar-refractivity contribution is -0.142. The Kier molecular flexibility index (Phi) is 6.37. The van der Waals surface area contributed by atoms with Crippen LogP contribution in [-0.2, 0) is 16.0 Å². The standard InChI is InChI=1S/C19H21NO4/c1-3-24-17-12-8-7-11-15(17)18(21)20-16(19(22)23-2)13-14-9-5-4-6-10-14/h4-12,16H,3,13H2,1-2H3,(H,20,21). The summed E-state index contributed by atoms with van der Waals surface area (Å²) in [5, 5.41) is 2.74. The van der Waals surface area contributed by atoms with E-state index in [-0.39, 0.29) is 5.91 Å². The minimum Gasteiger partial charge on any atom is -0.493 e. The van der Waals surface area contributed by atoms with Crippen molar-refractivity contribution in [2.75, 3.05) is 13.7 Å². The van der Waals surface area contributed by atoms with Crippen LogP contribution in [0.3, 0.4) is 0 Å². The van der Waals surface area contributed by atoms with E-state index in [1.54, 1.807) is 24.3 Å². The number of nitrogens with one attached hydrogen (secondary N) is 1. The van der Waals surface area contributed by atoms with Crippen LogP contribution in [0, 0.1) is 0 Å². The Morgan fingerprint density at radius 3 is 2.38 bits per heavy atom. The number of hydrogen-bond donors (Lipinski definition) is 1. The number of para-hydroxylation sites is 1. The Labute approximate surface area is 141 Å². The first kappa shape index (κ1) is 17.5. The van der Waals surface area contributed by atoms with Crippen molar-refractivity contribution in [2.45, 2.75) is 19.4 Å². The molecule has 0 radical (unpaired) electrons. The molecule has 24 heavy (non-hydrogen) atoms. The van der Waals surface area contributed by atoms with Crippen molar-refractivity contribution in [3.8, 4) is 5.75 Å². The third-order valence-corrected chi connectivity index (χ3v) is 3.51. The molecule has 0 heterocycles. The fourth-order valence-corrected chi connectivity index (χ4v) is 2.36. The van der Waals surface area contributed by atoms with Gasteiger partial charge in [0.25, 0.3) is 5.91 Å². The molecule has 0 aliphatic rings. The molecular weight excluding hydrogens is 306 g/mol. The Hall–Kier alpha value is -2.82. The zero-order valence-electron chi connectivity index (χ0n) is 13.8. The highest BCUT2D eigenvalue weighted by atomic mass is 16.5. The van der Waals surface area contributed by atoms with E-state index in [0.717, 1.165) is 5.56 Å². The maximum absolute atomic E-state index is 12.6. The van der Waals surface area contributed by atoms with Crippen LogP contribution in [0.25, 0.3) is 0 Å². The van der Waals surface area contributed by atoms with Gasteiger partial charge >= 0.3 is 5.97 Å². The summed E-state index contributed by atoms with van der Waals surface area (Å²) in [5.74, 6) is -0.368. The van der Waals surface area contributed by atoms with Gasteiger partial charge in [-0.25, -0.2) is 4.79 Å². The van der Waals surface area contributed by atoms with E-state index in [0.29, 0.717) is 24.3 Å². The van der Waals surface area contributed by atoms with Gasteiger partial charge in [0.1, 0.15) is 11.8 Å². The van der Waals surface area contributed by atoms with E-state index < -0.39 is 12.0 Å². The maximum Gasteiger partial charge on any atom is 0.328 e. The van der Waals surface area contributed by atoms with Crippen LogP contribution < -0.4 is 10.1 Å². The fourth-order valence-electron chi connectivity index (χ4n) is 2.36. The molecule has 5 heteroatoms. The SMILES string of the molecule is CCOc1ccccc1C(=O)NC(Cc1ccccc1)C(=O)OC. The van der Waals surface area contributed by atoms with Gasteiger partial charge in [-0.1, -0.05) is 42.5 Å². The molecule has 0 aliphatic heterocycles. The Morgan fingerprint density at radius 2 is 1.71 bits per heavy atom. The zero-order valence-corrected chi connectivity index (χ0v) is 13.8. The van der Waals surface area contributed by atoms with Crippen LogP contribution >= 0.6 is 0 Å². The molecule has 1 atom stereocenters. The molecule has 0 spiro atoms. The van der Waals surface area contributed by atoms with E-state index >= 15 is 0 Å². The van der Waals surface area contributed by atoms with E-state index in [1.807, 2.05) is 37.3 Å². The molecule has 0 bridgehead atoms. The summed E-state index contributed by atoms with van der Waals surface area (Å²) >= 11 is 0. The number of esters is 1. The fraction of sp³-hybridized carbons (Fsp3) is 0.263. The zero-order chi connectivity index (χ0) is 17.4. The molecule has 0 saturated carbocycles. The second-order valence-corrected chi connectivity index (χ2v) is 5.17. The highest BCUT2D eigenvalue weighted by Gasteiger charge is 2.23. The third kappa shape index (κ3) is 4.59. The first-order valence-corrected chi connectivity index (χ1v) is 7.80. The van der Waals surface area contributed by atoms with Gasteiger partial charge in [0.2, 0.25) is 0 Å². The monoisotopic (exact) mass is 327 g/mol. The number of hydrogen-bond acceptors (Lipinski definition) is 4. The topological polar surface area (TPSA) is 64.6 Å². The second-order valence-electron chi connectivity index (χ2n) is 5.17. The molecule has 5 nitrogen and oxygen atoms in total. The minimum atomic E-state index is -0.764. The number of benzene rings is 2. The Balaban J connectivity index is 2.17. The minimum absolute atomic E-state index is 0.357. The lowest BCUT2D eigenvalue weighted by Gasteiger charge is -2.18. The maximum atomic E-state index is 12.6. The van der Waals surface area contributed by atoms with Crippen LogP contribution in [0.15, 0.2) is 54.6 Å². The summed E-state index contributed by atoms with van der Waals surface area (Å²) in [5.41, 5.74) is 1.33. The molecule has 2 rings (SSSR count). The highest BCUT2D eigenvalue weighted by Crippen LogP contribution is 2.18. The highest BCUT2D eigenvalue weighted by molar-refractivity contribution is 5.99. The Bertz CT molecular complexity index is 685. The van der Waals surface area contributed by atoms with Crippen LogP contribution in [0.2, 0.25) is 0 Å². The quantitative estimate of drug-likeness (QED) is 0.794. The van der Waals surface area contributed by atoms with Gasteiger partial charge in [0, 0.05) is 6.42 Å². The number of methoxy groups -OCH3 is 1. The molecular formula is C19H21NO4. The predicted octanol–water partition coefficient (Wildman–Crippen LogP) is 2.60. The van der Waals surface area contributed by atoms with Gasteiger partial charge in [0.05, 0.1) is 19.3 Å². The van der Waals surface area contributed by atoms with Crippen LogP contribution in [-0.4, -0.2) is 31.6 Å². The molecule has 1 unspecified atom stereocenters. The molecule has 0 aliphatic carbocycles. The molecule has 2 aromatic carbocycles. The van der Waals surface area contributed by atoms with Gasteiger partial charge < -0.3 is 14.8 Å². The molecule has 126 valence electrons. The van der Waals surface area contributed by atoms with Crippen LogP contribution in [0.4, 0.5) is 0 Å². The average molecular weight is 327 g/mol. The summed E-state index contributed by atoms with van der Waals surface area (Å²) < 4.78 is 10.3. The van der Waals surface area contributed by atoms with E-state index in [4.69, 9.17) is 9.47 Å². The number of carbonyl (C=O) groups excluding carboxylic acids is 2. The van der Waals surface area contributed by atoms with Crippen LogP contribution in [0.5, 0.6) is 5.75 Å². The van der Waals surface area contributed by atoms with E-state index in [2.05, 4.69) is 5.32 Å².